The van der Waals surface area contributed by atoms with Gasteiger partial charge in [-0.15, -0.1) is 11.8 Å². The molecule has 4 rings (SSSR count). The van der Waals surface area contributed by atoms with E-state index in [1.165, 1.54) is 11.4 Å². The fourth-order valence-corrected chi connectivity index (χ4v) is 5.13. The molecule has 0 fully saturated rings. The van der Waals surface area contributed by atoms with Gasteiger partial charge in [0.2, 0.25) is 0 Å². The maximum Gasteiger partial charge on any atom is 0.264 e. The first-order valence-electron chi connectivity index (χ1n) is 10.6. The lowest BCUT2D eigenvalue weighted by Gasteiger charge is -2.20. The molecule has 0 atom stereocenters. The summed E-state index contributed by atoms with van der Waals surface area (Å²) >= 11 is 1.55. The van der Waals surface area contributed by atoms with Crippen LogP contribution in [0.2, 0.25) is 0 Å². The highest BCUT2D eigenvalue weighted by molar-refractivity contribution is 7.98. The molecular formula is C27H24N2O3S2. The van der Waals surface area contributed by atoms with E-state index in [-0.39, 0.29) is 10.8 Å². The van der Waals surface area contributed by atoms with Gasteiger partial charge in [0.05, 0.1) is 10.6 Å². The van der Waals surface area contributed by atoms with E-state index < -0.39 is 10.0 Å². The third-order valence-electron chi connectivity index (χ3n) is 5.47. The molecule has 0 spiro atoms. The molecule has 34 heavy (non-hydrogen) atoms. The van der Waals surface area contributed by atoms with Crippen molar-refractivity contribution >= 4 is 39.1 Å². The van der Waals surface area contributed by atoms with Crippen LogP contribution in [0.4, 0.5) is 11.4 Å². The molecule has 0 aliphatic rings. The predicted octanol–water partition coefficient (Wildman–Crippen LogP) is 6.15. The lowest BCUT2D eigenvalue weighted by molar-refractivity contribution is 0.102. The number of carbonyl (C=O) groups is 1. The van der Waals surface area contributed by atoms with Crippen LogP contribution in [0, 0.1) is 0 Å². The number of sulfonamides is 1. The minimum Gasteiger partial charge on any atom is -0.321 e. The molecule has 0 saturated heterocycles. The van der Waals surface area contributed by atoms with Crippen LogP contribution < -0.4 is 9.62 Å². The van der Waals surface area contributed by atoms with E-state index in [0.717, 1.165) is 16.0 Å². The Labute approximate surface area is 204 Å². The van der Waals surface area contributed by atoms with Gasteiger partial charge in [-0.25, -0.2) is 8.42 Å². The normalized spacial score (nSPS) is 11.1. The number of rotatable bonds is 7. The predicted molar refractivity (Wildman–Crippen MR) is 140 cm³/mol. The minimum atomic E-state index is -3.71. The average molecular weight is 489 g/mol. The molecule has 7 heteroatoms. The van der Waals surface area contributed by atoms with E-state index >= 15 is 0 Å². The number of nitrogens with zero attached hydrogens (tertiary/aromatic N) is 1. The SMILES string of the molecule is CSc1ccc(S(=O)(=O)N(C)c2ccc(C(=O)Nc3ccccc3-c3ccccc3)cc2)cc1. The van der Waals surface area contributed by atoms with Gasteiger partial charge in [0.25, 0.3) is 15.9 Å². The molecular weight excluding hydrogens is 464 g/mol. The van der Waals surface area contributed by atoms with E-state index in [1.54, 1.807) is 60.3 Å². The van der Waals surface area contributed by atoms with Crippen molar-refractivity contribution in [3.8, 4) is 11.1 Å². The number of nitrogens with one attached hydrogen (secondary N) is 1. The van der Waals surface area contributed by atoms with Gasteiger partial charge in [-0.3, -0.25) is 9.10 Å². The molecule has 0 aromatic heterocycles. The first kappa shape index (κ1) is 23.6. The van der Waals surface area contributed by atoms with Gasteiger partial charge in [0.1, 0.15) is 0 Å². The number of hydrogen-bond acceptors (Lipinski definition) is 4. The van der Waals surface area contributed by atoms with Crippen LogP contribution in [-0.4, -0.2) is 27.6 Å². The third-order valence-corrected chi connectivity index (χ3v) is 8.01. The second-order valence-corrected chi connectivity index (χ2v) is 10.4. The third kappa shape index (κ3) is 5.00. The zero-order chi connectivity index (χ0) is 24.1. The fourth-order valence-electron chi connectivity index (χ4n) is 3.52. The molecule has 172 valence electrons. The van der Waals surface area contributed by atoms with E-state index in [1.807, 2.05) is 60.9 Å². The Kier molecular flexibility index (Phi) is 7.05. The maximum atomic E-state index is 13.0. The summed E-state index contributed by atoms with van der Waals surface area (Å²) in [7, 11) is -2.21. The molecule has 4 aromatic rings. The van der Waals surface area contributed by atoms with Gasteiger partial charge in [0.15, 0.2) is 0 Å². The van der Waals surface area contributed by atoms with E-state index in [9.17, 15) is 13.2 Å². The van der Waals surface area contributed by atoms with Crippen LogP contribution in [0.15, 0.2) is 113 Å². The Hall–Kier alpha value is -3.55. The molecule has 0 aliphatic heterocycles. The summed E-state index contributed by atoms with van der Waals surface area (Å²) in [6.45, 7) is 0. The van der Waals surface area contributed by atoms with Crippen molar-refractivity contribution in [1.82, 2.24) is 0 Å². The van der Waals surface area contributed by atoms with E-state index in [0.29, 0.717) is 16.9 Å². The molecule has 0 unspecified atom stereocenters. The number of carbonyl (C=O) groups excluding carboxylic acids is 1. The number of thioether (sulfide) groups is 1. The number of amides is 1. The van der Waals surface area contributed by atoms with Crippen molar-refractivity contribution in [3.63, 3.8) is 0 Å². The summed E-state index contributed by atoms with van der Waals surface area (Å²) in [6, 6.07) is 30.7. The lowest BCUT2D eigenvalue weighted by atomic mass is 10.0. The average Bonchev–Trinajstić information content (AvgIpc) is 2.89. The molecule has 0 aliphatic carbocycles. The molecule has 4 aromatic carbocycles. The van der Waals surface area contributed by atoms with Crippen LogP contribution >= 0.6 is 11.8 Å². The summed E-state index contributed by atoms with van der Waals surface area (Å²) in [5, 5.41) is 2.97. The largest absolute Gasteiger partial charge is 0.321 e. The van der Waals surface area contributed by atoms with Crippen molar-refractivity contribution in [1.29, 1.82) is 0 Å². The number of anilines is 2. The quantitative estimate of drug-likeness (QED) is 0.317. The monoisotopic (exact) mass is 488 g/mol. The molecule has 0 heterocycles. The highest BCUT2D eigenvalue weighted by Gasteiger charge is 2.21. The molecule has 1 N–H and O–H groups in total. The van der Waals surface area contributed by atoms with Crippen LogP contribution in [-0.2, 0) is 10.0 Å². The van der Waals surface area contributed by atoms with Crippen LogP contribution in [0.25, 0.3) is 11.1 Å². The van der Waals surface area contributed by atoms with Gasteiger partial charge in [-0.05, 0) is 66.4 Å². The van der Waals surface area contributed by atoms with Gasteiger partial charge in [-0.2, -0.15) is 0 Å². The Morgan fingerprint density at radius 2 is 1.41 bits per heavy atom. The Bertz CT molecular complexity index is 1390. The van der Waals surface area contributed by atoms with Crippen molar-refractivity contribution in [3.05, 3.63) is 109 Å². The van der Waals surface area contributed by atoms with Crippen LogP contribution in [0.1, 0.15) is 10.4 Å². The molecule has 1 amide bonds. The summed E-state index contributed by atoms with van der Waals surface area (Å²) in [4.78, 5) is 14.1. The second-order valence-electron chi connectivity index (χ2n) is 7.56. The maximum absolute atomic E-state index is 13.0. The summed E-state index contributed by atoms with van der Waals surface area (Å²) < 4.78 is 27.2. The minimum absolute atomic E-state index is 0.215. The molecule has 0 saturated carbocycles. The molecule has 5 nitrogen and oxygen atoms in total. The number of para-hydroxylation sites is 1. The summed E-state index contributed by atoms with van der Waals surface area (Å²) in [6.07, 6.45) is 1.94. The second kappa shape index (κ2) is 10.2. The first-order valence-corrected chi connectivity index (χ1v) is 13.3. The van der Waals surface area contributed by atoms with E-state index in [2.05, 4.69) is 5.32 Å². The van der Waals surface area contributed by atoms with Crippen molar-refractivity contribution in [2.75, 3.05) is 22.9 Å². The van der Waals surface area contributed by atoms with Crippen molar-refractivity contribution in [2.24, 2.45) is 0 Å². The summed E-state index contributed by atoms with van der Waals surface area (Å²) in [5.74, 6) is -0.270. The standard InChI is InChI=1S/C27H24N2O3S2/c1-29(34(31,32)24-18-16-23(33-2)17-19-24)22-14-12-21(13-15-22)27(30)28-26-11-7-6-10-25(26)20-8-4-3-5-9-20/h3-19H,1-2H3,(H,28,30). The highest BCUT2D eigenvalue weighted by atomic mass is 32.2. The molecule has 0 bridgehead atoms. The van der Waals surface area contributed by atoms with Crippen molar-refractivity contribution in [2.45, 2.75) is 9.79 Å². The summed E-state index contributed by atoms with van der Waals surface area (Å²) in [5.41, 5.74) is 3.53. The van der Waals surface area contributed by atoms with Crippen LogP contribution in [0.3, 0.4) is 0 Å². The first-order chi connectivity index (χ1) is 16.4. The van der Waals surface area contributed by atoms with Crippen molar-refractivity contribution < 1.29 is 13.2 Å². The fraction of sp³-hybridized carbons (Fsp3) is 0.0741. The van der Waals surface area contributed by atoms with Gasteiger partial charge in [0, 0.05) is 28.8 Å². The zero-order valence-electron chi connectivity index (χ0n) is 18.8. The highest BCUT2D eigenvalue weighted by Crippen LogP contribution is 2.28. The zero-order valence-corrected chi connectivity index (χ0v) is 20.4. The Morgan fingerprint density at radius 3 is 2.06 bits per heavy atom. The Balaban J connectivity index is 1.52. The Morgan fingerprint density at radius 1 is 0.794 bits per heavy atom. The van der Waals surface area contributed by atoms with E-state index in [4.69, 9.17) is 0 Å². The number of hydrogen-bond donors (Lipinski definition) is 1. The molecule has 0 radical (unpaired) electrons. The van der Waals surface area contributed by atoms with Crippen LogP contribution in [0.5, 0.6) is 0 Å². The lowest BCUT2D eigenvalue weighted by Crippen LogP contribution is -2.26. The number of benzene rings is 4. The van der Waals surface area contributed by atoms with Gasteiger partial charge in [-0.1, -0.05) is 48.5 Å². The smallest absolute Gasteiger partial charge is 0.264 e. The topological polar surface area (TPSA) is 66.5 Å². The van der Waals surface area contributed by atoms with Gasteiger partial charge < -0.3 is 5.32 Å². The van der Waals surface area contributed by atoms with Gasteiger partial charge >= 0.3 is 0 Å².